The minimum Gasteiger partial charge on any atom is -0.315 e. The third kappa shape index (κ3) is 4.68. The summed E-state index contributed by atoms with van der Waals surface area (Å²) in [5, 5.41) is 3.57. The Bertz CT molecular complexity index is 288. The van der Waals surface area contributed by atoms with E-state index >= 15 is 0 Å². The molecule has 0 spiro atoms. The Balaban J connectivity index is 2.28. The summed E-state index contributed by atoms with van der Waals surface area (Å²) in [6.07, 6.45) is 7.54. The Hall–Kier alpha value is -0.540. The summed E-state index contributed by atoms with van der Waals surface area (Å²) < 4.78 is 0.407. The lowest BCUT2D eigenvalue weighted by atomic mass is 10.0. The van der Waals surface area contributed by atoms with E-state index < -0.39 is 0 Å². The molecule has 0 aliphatic heterocycles. The lowest BCUT2D eigenvalue weighted by Crippen LogP contribution is -2.37. The second-order valence-electron chi connectivity index (χ2n) is 4.34. The standard InChI is InChI=1S/C14H24N2S/c1-4-14(5-2,17-3)12-15-11-9-13-8-6-7-10-16-13/h6-8,10,15H,4-5,9,11-12H2,1-3H3. The van der Waals surface area contributed by atoms with Crippen molar-refractivity contribution in [1.29, 1.82) is 0 Å². The Morgan fingerprint density at radius 1 is 1.29 bits per heavy atom. The van der Waals surface area contributed by atoms with Gasteiger partial charge in [0.25, 0.3) is 0 Å². The van der Waals surface area contributed by atoms with Gasteiger partial charge in [0.1, 0.15) is 0 Å². The molecule has 0 aliphatic carbocycles. The Morgan fingerprint density at radius 3 is 2.59 bits per heavy atom. The predicted octanol–water partition coefficient (Wildman–Crippen LogP) is 3.14. The van der Waals surface area contributed by atoms with Crippen LogP contribution in [0.3, 0.4) is 0 Å². The van der Waals surface area contributed by atoms with Crippen molar-refractivity contribution < 1.29 is 0 Å². The van der Waals surface area contributed by atoms with Gasteiger partial charge in [-0.1, -0.05) is 19.9 Å². The van der Waals surface area contributed by atoms with Gasteiger partial charge in [-0.2, -0.15) is 11.8 Å². The highest BCUT2D eigenvalue weighted by atomic mass is 32.2. The lowest BCUT2D eigenvalue weighted by molar-refractivity contribution is 0.496. The van der Waals surface area contributed by atoms with Crippen molar-refractivity contribution in [3.8, 4) is 0 Å². The zero-order chi connectivity index (χ0) is 12.6. The summed E-state index contributed by atoms with van der Waals surface area (Å²) in [6, 6.07) is 6.10. The molecule has 0 saturated heterocycles. The van der Waals surface area contributed by atoms with E-state index in [1.54, 1.807) is 0 Å². The van der Waals surface area contributed by atoms with Gasteiger partial charge in [0, 0.05) is 36.1 Å². The van der Waals surface area contributed by atoms with Crippen LogP contribution < -0.4 is 5.32 Å². The van der Waals surface area contributed by atoms with Crippen LogP contribution in [-0.4, -0.2) is 29.1 Å². The second-order valence-corrected chi connectivity index (χ2v) is 5.62. The van der Waals surface area contributed by atoms with Gasteiger partial charge in [-0.25, -0.2) is 0 Å². The van der Waals surface area contributed by atoms with Gasteiger partial charge in [-0.3, -0.25) is 4.98 Å². The number of rotatable bonds is 8. The molecule has 0 atom stereocenters. The number of thioether (sulfide) groups is 1. The van der Waals surface area contributed by atoms with Crippen LogP contribution >= 0.6 is 11.8 Å². The van der Waals surface area contributed by atoms with Gasteiger partial charge in [0.05, 0.1) is 0 Å². The number of hydrogen-bond donors (Lipinski definition) is 1. The molecule has 0 unspecified atom stereocenters. The molecule has 1 heterocycles. The molecule has 0 aromatic carbocycles. The first-order valence-corrected chi connectivity index (χ1v) is 7.64. The molecule has 3 heteroatoms. The topological polar surface area (TPSA) is 24.9 Å². The highest BCUT2D eigenvalue weighted by Gasteiger charge is 2.23. The van der Waals surface area contributed by atoms with Crippen molar-refractivity contribution in [2.24, 2.45) is 0 Å². The molecule has 96 valence electrons. The van der Waals surface area contributed by atoms with Gasteiger partial charge < -0.3 is 5.32 Å². The van der Waals surface area contributed by atoms with Gasteiger partial charge in [0.15, 0.2) is 0 Å². The molecule has 0 aliphatic rings. The highest BCUT2D eigenvalue weighted by molar-refractivity contribution is 8.00. The van der Waals surface area contributed by atoms with Crippen molar-refractivity contribution in [2.45, 2.75) is 37.9 Å². The summed E-state index contributed by atoms with van der Waals surface area (Å²) in [5.74, 6) is 0. The third-order valence-corrected chi connectivity index (χ3v) is 5.04. The summed E-state index contributed by atoms with van der Waals surface area (Å²) in [5.41, 5.74) is 1.17. The van der Waals surface area contributed by atoms with Gasteiger partial charge in [-0.05, 0) is 31.2 Å². The molecule has 1 aromatic heterocycles. The fraction of sp³-hybridized carbons (Fsp3) is 0.643. The predicted molar refractivity (Wildman–Crippen MR) is 77.6 cm³/mol. The Labute approximate surface area is 110 Å². The van der Waals surface area contributed by atoms with E-state index in [4.69, 9.17) is 0 Å². The summed E-state index contributed by atoms with van der Waals surface area (Å²) >= 11 is 1.99. The molecule has 0 bridgehead atoms. The minimum absolute atomic E-state index is 0.407. The molecule has 0 fully saturated rings. The molecule has 0 radical (unpaired) electrons. The van der Waals surface area contributed by atoms with E-state index in [0.717, 1.165) is 19.5 Å². The SMILES string of the molecule is CCC(CC)(CNCCc1ccccn1)SC. The normalized spacial score (nSPS) is 11.7. The first-order chi connectivity index (χ1) is 8.26. The van der Waals surface area contributed by atoms with Crippen LogP contribution in [0.15, 0.2) is 24.4 Å². The number of nitrogens with zero attached hydrogens (tertiary/aromatic N) is 1. The number of aromatic nitrogens is 1. The quantitative estimate of drug-likeness (QED) is 0.720. The molecule has 1 aromatic rings. The summed E-state index contributed by atoms with van der Waals surface area (Å²) in [7, 11) is 0. The maximum Gasteiger partial charge on any atom is 0.0416 e. The highest BCUT2D eigenvalue weighted by Crippen LogP contribution is 2.29. The average molecular weight is 252 g/mol. The van der Waals surface area contributed by atoms with Crippen LogP contribution in [-0.2, 0) is 6.42 Å². The minimum atomic E-state index is 0.407. The first-order valence-electron chi connectivity index (χ1n) is 6.42. The van der Waals surface area contributed by atoms with Crippen LogP contribution in [0.1, 0.15) is 32.4 Å². The molecule has 17 heavy (non-hydrogen) atoms. The largest absolute Gasteiger partial charge is 0.315 e. The second kappa shape index (κ2) is 7.72. The molecule has 0 saturated carbocycles. The van der Waals surface area contributed by atoms with Crippen molar-refractivity contribution in [3.63, 3.8) is 0 Å². The van der Waals surface area contributed by atoms with Crippen molar-refractivity contribution in [2.75, 3.05) is 19.3 Å². The fourth-order valence-corrected chi connectivity index (χ4v) is 2.76. The number of hydrogen-bond acceptors (Lipinski definition) is 3. The van der Waals surface area contributed by atoms with Crippen LogP contribution in [0.25, 0.3) is 0 Å². The first kappa shape index (κ1) is 14.5. The van der Waals surface area contributed by atoms with E-state index in [-0.39, 0.29) is 0 Å². The number of nitrogens with one attached hydrogen (secondary N) is 1. The zero-order valence-electron chi connectivity index (χ0n) is 11.2. The van der Waals surface area contributed by atoms with E-state index in [0.29, 0.717) is 4.75 Å². The molecule has 1 rings (SSSR count). The van der Waals surface area contributed by atoms with E-state index in [1.165, 1.54) is 18.5 Å². The Morgan fingerprint density at radius 2 is 2.06 bits per heavy atom. The lowest BCUT2D eigenvalue weighted by Gasteiger charge is -2.30. The van der Waals surface area contributed by atoms with Crippen LogP contribution in [0.4, 0.5) is 0 Å². The smallest absolute Gasteiger partial charge is 0.0416 e. The summed E-state index contributed by atoms with van der Waals surface area (Å²) in [4.78, 5) is 4.33. The monoisotopic (exact) mass is 252 g/mol. The molecule has 0 amide bonds. The van der Waals surface area contributed by atoms with Crippen LogP contribution in [0.5, 0.6) is 0 Å². The molecule has 2 nitrogen and oxygen atoms in total. The van der Waals surface area contributed by atoms with Gasteiger partial charge >= 0.3 is 0 Å². The molecular weight excluding hydrogens is 228 g/mol. The van der Waals surface area contributed by atoms with Crippen LogP contribution in [0, 0.1) is 0 Å². The Kier molecular flexibility index (Phi) is 6.60. The van der Waals surface area contributed by atoms with Gasteiger partial charge in [0.2, 0.25) is 0 Å². The third-order valence-electron chi connectivity index (χ3n) is 3.45. The molecule has 1 N–H and O–H groups in total. The van der Waals surface area contributed by atoms with E-state index in [1.807, 2.05) is 30.1 Å². The van der Waals surface area contributed by atoms with Crippen molar-refractivity contribution in [1.82, 2.24) is 10.3 Å². The zero-order valence-corrected chi connectivity index (χ0v) is 12.0. The van der Waals surface area contributed by atoms with Crippen LogP contribution in [0.2, 0.25) is 0 Å². The fourth-order valence-electron chi connectivity index (χ4n) is 1.94. The maximum absolute atomic E-state index is 4.33. The van der Waals surface area contributed by atoms with E-state index in [2.05, 4.69) is 36.5 Å². The van der Waals surface area contributed by atoms with Crippen molar-refractivity contribution >= 4 is 11.8 Å². The van der Waals surface area contributed by atoms with Gasteiger partial charge in [-0.15, -0.1) is 0 Å². The summed E-state index contributed by atoms with van der Waals surface area (Å²) in [6.45, 7) is 6.66. The van der Waals surface area contributed by atoms with E-state index in [9.17, 15) is 0 Å². The average Bonchev–Trinajstić information content (AvgIpc) is 2.41. The maximum atomic E-state index is 4.33. The van der Waals surface area contributed by atoms with Crippen molar-refractivity contribution in [3.05, 3.63) is 30.1 Å². The number of pyridine rings is 1. The molecular formula is C14H24N2S.